The van der Waals surface area contributed by atoms with Crippen LogP contribution in [-0.4, -0.2) is 44.5 Å². The van der Waals surface area contributed by atoms with Crippen LogP contribution in [0, 0.1) is 0 Å². The van der Waals surface area contributed by atoms with Crippen molar-refractivity contribution in [2.45, 2.75) is 12.8 Å². The quantitative estimate of drug-likeness (QED) is 0.586. The Hall–Kier alpha value is -0.710. The fourth-order valence-electron chi connectivity index (χ4n) is 0.711. The molecule has 0 N–H and O–H groups in total. The van der Waals surface area contributed by atoms with Gasteiger partial charge in [-0.2, -0.15) is 0 Å². The van der Waals surface area contributed by atoms with Crippen molar-refractivity contribution in [2.24, 2.45) is 0 Å². The van der Waals surface area contributed by atoms with E-state index in [4.69, 9.17) is 0 Å². The van der Waals surface area contributed by atoms with Gasteiger partial charge in [0.05, 0.1) is 20.1 Å². The molecule has 0 atom stereocenters. The van der Waals surface area contributed by atoms with Crippen molar-refractivity contribution in [3.05, 3.63) is 0 Å². The lowest BCUT2D eigenvalue weighted by Gasteiger charge is -2.14. The van der Waals surface area contributed by atoms with E-state index in [1.54, 1.807) is 0 Å². The van der Waals surface area contributed by atoms with E-state index in [9.17, 15) is 13.6 Å². The third kappa shape index (κ3) is 6.03. The van der Waals surface area contributed by atoms with Crippen LogP contribution in [0.5, 0.6) is 0 Å². The number of methoxy groups -OCH3 is 1. The van der Waals surface area contributed by atoms with E-state index in [2.05, 4.69) is 4.74 Å². The van der Waals surface area contributed by atoms with Crippen molar-refractivity contribution in [3.8, 4) is 0 Å². The Labute approximate surface area is 70.3 Å². The minimum atomic E-state index is -2.35. The molecule has 0 unspecified atom stereocenters. The van der Waals surface area contributed by atoms with Crippen LogP contribution in [-0.2, 0) is 9.53 Å². The summed E-state index contributed by atoms with van der Waals surface area (Å²) in [6, 6.07) is 0. The van der Waals surface area contributed by atoms with Crippen molar-refractivity contribution in [2.75, 3.05) is 27.2 Å². The van der Waals surface area contributed by atoms with E-state index < -0.39 is 6.43 Å². The van der Waals surface area contributed by atoms with E-state index in [1.165, 1.54) is 19.1 Å². The van der Waals surface area contributed by atoms with Gasteiger partial charge < -0.3 is 9.64 Å². The highest BCUT2D eigenvalue weighted by Crippen LogP contribution is 1.96. The van der Waals surface area contributed by atoms with Crippen molar-refractivity contribution in [3.63, 3.8) is 0 Å². The summed E-state index contributed by atoms with van der Waals surface area (Å²) in [5.74, 6) is -0.379. The highest BCUT2D eigenvalue weighted by atomic mass is 19.3. The third-order valence-electron chi connectivity index (χ3n) is 1.38. The maximum absolute atomic E-state index is 11.7. The average molecular weight is 181 g/mol. The molecule has 3 nitrogen and oxygen atoms in total. The number of esters is 1. The first-order valence-electron chi connectivity index (χ1n) is 3.59. The second-order valence-corrected chi connectivity index (χ2v) is 2.48. The van der Waals surface area contributed by atoms with Crippen LogP contribution in [0.1, 0.15) is 6.42 Å². The molecule has 0 saturated heterocycles. The molecular formula is C7H13F2NO2. The first-order chi connectivity index (χ1) is 5.56. The predicted molar refractivity (Wildman–Crippen MR) is 40.1 cm³/mol. The van der Waals surface area contributed by atoms with Crippen LogP contribution in [0.2, 0.25) is 0 Å². The molecule has 72 valence electrons. The second-order valence-electron chi connectivity index (χ2n) is 2.48. The summed E-state index contributed by atoms with van der Waals surface area (Å²) in [5.41, 5.74) is 0. The number of hydrogen-bond acceptors (Lipinski definition) is 3. The number of ether oxygens (including phenoxy) is 1. The Balaban J connectivity index is 3.43. The molecule has 0 fully saturated rings. The minimum Gasteiger partial charge on any atom is -0.469 e. The third-order valence-corrected chi connectivity index (χ3v) is 1.38. The molecule has 0 aromatic carbocycles. The topological polar surface area (TPSA) is 29.5 Å². The van der Waals surface area contributed by atoms with Crippen LogP contribution in [0.15, 0.2) is 0 Å². The minimum absolute atomic E-state index is 0.153. The van der Waals surface area contributed by atoms with Gasteiger partial charge in [-0.05, 0) is 7.05 Å². The standard InChI is InChI=1S/C7H13F2NO2/c1-10(5-6(8)9)4-3-7(11)12-2/h6H,3-5H2,1-2H3. The van der Waals surface area contributed by atoms with Crippen LogP contribution in [0.3, 0.4) is 0 Å². The molecule has 0 bridgehead atoms. The fourth-order valence-corrected chi connectivity index (χ4v) is 0.711. The molecule has 0 radical (unpaired) electrons. The lowest BCUT2D eigenvalue weighted by molar-refractivity contribution is -0.141. The van der Waals surface area contributed by atoms with Gasteiger partial charge in [-0.3, -0.25) is 4.79 Å². The molecular weight excluding hydrogens is 168 g/mol. The summed E-state index contributed by atoms with van der Waals surface area (Å²) < 4.78 is 27.8. The molecule has 0 heterocycles. The highest BCUT2D eigenvalue weighted by molar-refractivity contribution is 5.69. The summed E-state index contributed by atoms with van der Waals surface area (Å²) in [4.78, 5) is 12.0. The Bertz CT molecular complexity index is 141. The van der Waals surface area contributed by atoms with Crippen molar-refractivity contribution in [1.82, 2.24) is 4.90 Å². The van der Waals surface area contributed by atoms with Crippen LogP contribution in [0.4, 0.5) is 8.78 Å². The van der Waals surface area contributed by atoms with Gasteiger partial charge in [-0.25, -0.2) is 8.78 Å². The zero-order chi connectivity index (χ0) is 9.56. The number of nitrogens with zero attached hydrogens (tertiary/aromatic N) is 1. The van der Waals surface area contributed by atoms with Crippen LogP contribution in [0.25, 0.3) is 0 Å². The highest BCUT2D eigenvalue weighted by Gasteiger charge is 2.09. The summed E-state index contributed by atoms with van der Waals surface area (Å²) in [6.45, 7) is -0.00594. The van der Waals surface area contributed by atoms with E-state index in [-0.39, 0.29) is 18.9 Å². The molecule has 12 heavy (non-hydrogen) atoms. The Morgan fingerprint density at radius 2 is 2.17 bits per heavy atom. The normalized spacial score (nSPS) is 10.8. The molecule has 0 aliphatic rings. The number of hydrogen-bond donors (Lipinski definition) is 0. The monoisotopic (exact) mass is 181 g/mol. The molecule has 0 aromatic rings. The van der Waals surface area contributed by atoms with Crippen molar-refractivity contribution >= 4 is 5.97 Å². The molecule has 0 saturated carbocycles. The molecule has 0 rings (SSSR count). The number of alkyl halides is 2. The molecule has 0 aromatic heterocycles. The van der Waals surface area contributed by atoms with Gasteiger partial charge >= 0.3 is 5.97 Å². The first kappa shape index (κ1) is 11.3. The number of carbonyl (C=O) groups is 1. The van der Waals surface area contributed by atoms with Gasteiger partial charge in [0, 0.05) is 6.54 Å². The van der Waals surface area contributed by atoms with E-state index in [0.29, 0.717) is 6.54 Å². The molecule has 0 aliphatic heterocycles. The summed E-state index contributed by atoms with van der Waals surface area (Å²) in [5, 5.41) is 0. The van der Waals surface area contributed by atoms with Gasteiger partial charge in [-0.1, -0.05) is 0 Å². The summed E-state index contributed by atoms with van der Waals surface area (Å²) >= 11 is 0. The van der Waals surface area contributed by atoms with E-state index in [1.807, 2.05) is 0 Å². The van der Waals surface area contributed by atoms with Crippen molar-refractivity contribution in [1.29, 1.82) is 0 Å². The lowest BCUT2D eigenvalue weighted by atomic mass is 10.4. The lowest BCUT2D eigenvalue weighted by Crippen LogP contribution is -2.27. The zero-order valence-corrected chi connectivity index (χ0v) is 7.22. The number of halogens is 2. The maximum atomic E-state index is 11.7. The van der Waals surface area contributed by atoms with Gasteiger partial charge in [0.1, 0.15) is 0 Å². The van der Waals surface area contributed by atoms with Crippen LogP contribution < -0.4 is 0 Å². The largest absolute Gasteiger partial charge is 0.469 e. The summed E-state index contributed by atoms with van der Waals surface area (Å²) in [7, 11) is 2.81. The average Bonchev–Trinajstić information content (AvgIpc) is 1.99. The zero-order valence-electron chi connectivity index (χ0n) is 7.22. The van der Waals surface area contributed by atoms with Crippen LogP contribution >= 0.6 is 0 Å². The fraction of sp³-hybridized carbons (Fsp3) is 0.857. The molecule has 0 spiro atoms. The Morgan fingerprint density at radius 1 is 1.58 bits per heavy atom. The van der Waals surface area contributed by atoms with Gasteiger partial charge in [0.15, 0.2) is 0 Å². The number of rotatable bonds is 5. The SMILES string of the molecule is COC(=O)CCN(C)CC(F)F. The first-order valence-corrected chi connectivity index (χ1v) is 3.59. The van der Waals surface area contributed by atoms with Gasteiger partial charge in [-0.15, -0.1) is 0 Å². The number of carbonyl (C=O) groups excluding carboxylic acids is 1. The van der Waals surface area contributed by atoms with Gasteiger partial charge in [0.25, 0.3) is 6.43 Å². The smallest absolute Gasteiger partial charge is 0.306 e. The Morgan fingerprint density at radius 3 is 2.58 bits per heavy atom. The van der Waals surface area contributed by atoms with Crippen molar-refractivity contribution < 1.29 is 18.3 Å². The van der Waals surface area contributed by atoms with Gasteiger partial charge in [0.2, 0.25) is 0 Å². The molecule has 0 amide bonds. The maximum Gasteiger partial charge on any atom is 0.306 e. The molecule has 0 aliphatic carbocycles. The van der Waals surface area contributed by atoms with E-state index in [0.717, 1.165) is 0 Å². The van der Waals surface area contributed by atoms with E-state index >= 15 is 0 Å². The second kappa shape index (κ2) is 5.88. The summed E-state index contributed by atoms with van der Waals surface area (Å²) in [6.07, 6.45) is -2.20. The molecule has 5 heteroatoms. The predicted octanol–water partition coefficient (Wildman–Crippen LogP) is 0.746. The Kier molecular flexibility index (Phi) is 5.53.